The highest BCUT2D eigenvalue weighted by Gasteiger charge is 2.26. The molecule has 238 valence electrons. The second kappa shape index (κ2) is 18.3. The standard InChI is InChI=1S/C32H46FN3O7/c1-22(29(20-38)24(3)16-25-17-26(33)19-27(18-25)34-31(40)21-42-5)7-9-30(23(2)6-8-28(39)10-15-37)43-32(41)36-13-11-35(4)12-14-36/h7,9,15-20,22-23,28-30,39H,6,8,10-14,21H2,1-5H3,(H,34,40)/b9-7+,24-16+/t22-,23+,28-,29-,30-/m0/s1. The van der Waals surface area contributed by atoms with Crippen LogP contribution < -0.4 is 5.32 Å². The van der Waals surface area contributed by atoms with Crippen molar-refractivity contribution >= 4 is 36.3 Å². The van der Waals surface area contributed by atoms with Gasteiger partial charge in [-0.25, -0.2) is 9.18 Å². The maximum atomic E-state index is 14.3. The van der Waals surface area contributed by atoms with Crippen molar-refractivity contribution in [3.63, 3.8) is 0 Å². The maximum absolute atomic E-state index is 14.3. The maximum Gasteiger partial charge on any atom is 0.410 e. The number of benzene rings is 1. The normalized spacial score (nSPS) is 18.0. The quantitative estimate of drug-likeness (QED) is 0.215. The summed E-state index contributed by atoms with van der Waals surface area (Å²) < 4.78 is 25.0. The average Bonchev–Trinajstić information content (AvgIpc) is 2.94. The van der Waals surface area contributed by atoms with Crippen LogP contribution in [0.1, 0.15) is 45.6 Å². The summed E-state index contributed by atoms with van der Waals surface area (Å²) in [6, 6.07) is 4.12. The van der Waals surface area contributed by atoms with Gasteiger partial charge in [-0.1, -0.05) is 31.6 Å². The number of aldehydes is 2. The van der Waals surface area contributed by atoms with E-state index in [0.717, 1.165) is 19.4 Å². The van der Waals surface area contributed by atoms with Gasteiger partial charge in [-0.2, -0.15) is 0 Å². The van der Waals surface area contributed by atoms with Crippen molar-refractivity contribution in [1.29, 1.82) is 0 Å². The minimum Gasteiger partial charge on any atom is -0.442 e. The molecule has 2 amide bonds. The highest BCUT2D eigenvalue weighted by molar-refractivity contribution is 5.92. The molecule has 2 N–H and O–H groups in total. The zero-order valence-corrected chi connectivity index (χ0v) is 25.8. The lowest BCUT2D eigenvalue weighted by Crippen LogP contribution is -2.48. The Morgan fingerprint density at radius 1 is 1.09 bits per heavy atom. The van der Waals surface area contributed by atoms with Crippen molar-refractivity contribution in [2.24, 2.45) is 17.8 Å². The number of rotatable bonds is 16. The Bertz CT molecular complexity index is 1130. The molecule has 0 radical (unpaired) electrons. The second-order valence-electron chi connectivity index (χ2n) is 11.3. The average molecular weight is 604 g/mol. The Hall–Kier alpha value is -3.41. The fraction of sp³-hybridized carbons (Fsp3) is 0.562. The first-order chi connectivity index (χ1) is 20.5. The van der Waals surface area contributed by atoms with Crippen LogP contribution in [0.25, 0.3) is 6.08 Å². The molecule has 43 heavy (non-hydrogen) atoms. The van der Waals surface area contributed by atoms with Gasteiger partial charge in [0.15, 0.2) is 0 Å². The molecule has 1 saturated heterocycles. The molecule has 1 aliphatic rings. The number of hydrogen-bond donors (Lipinski definition) is 2. The van der Waals surface area contributed by atoms with Crippen molar-refractivity contribution < 1.29 is 38.1 Å². The van der Waals surface area contributed by atoms with Crippen LogP contribution in [0.4, 0.5) is 14.9 Å². The van der Waals surface area contributed by atoms with E-state index in [9.17, 15) is 28.7 Å². The van der Waals surface area contributed by atoms with Crippen molar-refractivity contribution in [2.45, 2.75) is 52.2 Å². The van der Waals surface area contributed by atoms with Crippen LogP contribution in [0.5, 0.6) is 0 Å². The van der Waals surface area contributed by atoms with Crippen molar-refractivity contribution in [3.8, 4) is 0 Å². The fourth-order valence-corrected chi connectivity index (χ4v) is 4.88. The molecule has 1 heterocycles. The van der Waals surface area contributed by atoms with Crippen LogP contribution in [-0.2, 0) is 23.9 Å². The summed E-state index contributed by atoms with van der Waals surface area (Å²) in [5, 5.41) is 12.6. The van der Waals surface area contributed by atoms with E-state index >= 15 is 0 Å². The minimum atomic E-state index is -0.763. The second-order valence-corrected chi connectivity index (χ2v) is 11.3. The van der Waals surface area contributed by atoms with Crippen LogP contribution in [0, 0.1) is 23.6 Å². The Morgan fingerprint density at radius 2 is 1.79 bits per heavy atom. The number of methoxy groups -OCH3 is 1. The zero-order chi connectivity index (χ0) is 31.9. The van der Waals surface area contributed by atoms with E-state index in [1.165, 1.54) is 19.2 Å². The van der Waals surface area contributed by atoms with Crippen molar-refractivity contribution in [1.82, 2.24) is 9.80 Å². The topological polar surface area (TPSA) is 125 Å². The summed E-state index contributed by atoms with van der Waals surface area (Å²) in [5.74, 6) is -1.96. The number of hydrogen-bond acceptors (Lipinski definition) is 8. The molecule has 10 nitrogen and oxygen atoms in total. The Balaban J connectivity index is 2.20. The summed E-state index contributed by atoms with van der Waals surface area (Å²) in [4.78, 5) is 51.6. The Labute approximate surface area is 253 Å². The number of carbonyl (C=O) groups excluding carboxylic acids is 4. The number of allylic oxidation sites excluding steroid dienone is 2. The molecule has 1 fully saturated rings. The summed E-state index contributed by atoms with van der Waals surface area (Å²) in [7, 11) is 3.38. The number of nitrogens with one attached hydrogen (secondary N) is 1. The highest BCUT2D eigenvalue weighted by Crippen LogP contribution is 2.26. The van der Waals surface area contributed by atoms with Gasteiger partial charge in [0.1, 0.15) is 31.1 Å². The predicted molar refractivity (Wildman–Crippen MR) is 163 cm³/mol. The lowest BCUT2D eigenvalue weighted by Gasteiger charge is -2.33. The highest BCUT2D eigenvalue weighted by atomic mass is 19.1. The van der Waals surface area contributed by atoms with Crippen LogP contribution in [0.15, 0.2) is 35.9 Å². The van der Waals surface area contributed by atoms with Crippen molar-refractivity contribution in [3.05, 3.63) is 47.3 Å². The molecule has 1 aromatic rings. The molecule has 2 rings (SSSR count). The molecule has 0 aliphatic carbocycles. The summed E-state index contributed by atoms with van der Waals surface area (Å²) in [5.41, 5.74) is 1.44. The predicted octanol–water partition coefficient (Wildman–Crippen LogP) is 3.94. The van der Waals surface area contributed by atoms with Crippen LogP contribution >= 0.6 is 0 Å². The van der Waals surface area contributed by atoms with Crippen LogP contribution in [0.2, 0.25) is 0 Å². The van der Waals surface area contributed by atoms with Gasteiger partial charge >= 0.3 is 6.09 Å². The first kappa shape index (κ1) is 35.8. The fourth-order valence-electron chi connectivity index (χ4n) is 4.88. The van der Waals surface area contributed by atoms with Gasteiger partial charge in [0.05, 0.1) is 6.10 Å². The number of amides is 2. The molecule has 11 heteroatoms. The zero-order valence-electron chi connectivity index (χ0n) is 25.8. The van der Waals surface area contributed by atoms with E-state index in [1.54, 1.807) is 30.0 Å². The van der Waals surface area contributed by atoms with Gasteiger partial charge in [0.25, 0.3) is 0 Å². The van der Waals surface area contributed by atoms with E-state index in [4.69, 9.17) is 9.47 Å². The first-order valence-electron chi connectivity index (χ1n) is 14.6. The van der Waals surface area contributed by atoms with Gasteiger partial charge in [-0.3, -0.25) is 4.79 Å². The SMILES string of the molecule is COCC(=O)Nc1cc(F)cc(/C=C(\C)[C@@H](C=O)[C@@H](C)/C=C/[C@H](OC(=O)N2CCN(C)CC2)[C@H](C)CC[C@H](O)CC=O)c1. The lowest BCUT2D eigenvalue weighted by atomic mass is 9.86. The largest absolute Gasteiger partial charge is 0.442 e. The van der Waals surface area contributed by atoms with Crippen molar-refractivity contribution in [2.75, 3.05) is 52.3 Å². The lowest BCUT2D eigenvalue weighted by molar-refractivity contribution is -0.119. The molecule has 5 atom stereocenters. The van der Waals surface area contributed by atoms with Gasteiger partial charge in [0, 0.05) is 51.3 Å². The number of piperazine rings is 1. The number of likely N-dealkylation sites (N-methyl/N-ethyl adjacent to an activating group) is 1. The van der Waals surface area contributed by atoms with E-state index in [-0.39, 0.29) is 30.6 Å². The van der Waals surface area contributed by atoms with Gasteiger partial charge in [-0.15, -0.1) is 0 Å². The molecule has 0 saturated carbocycles. The molecule has 1 aromatic carbocycles. The first-order valence-corrected chi connectivity index (χ1v) is 14.6. The summed E-state index contributed by atoms with van der Waals surface area (Å²) >= 11 is 0. The molecule has 0 bridgehead atoms. The minimum absolute atomic E-state index is 0.0459. The third kappa shape index (κ3) is 12.4. The third-order valence-electron chi connectivity index (χ3n) is 7.60. The number of anilines is 1. The Morgan fingerprint density at radius 3 is 2.42 bits per heavy atom. The Kier molecular flexibility index (Phi) is 15.2. The monoisotopic (exact) mass is 603 g/mol. The number of aliphatic hydroxyl groups is 1. The molecule has 0 unspecified atom stereocenters. The van der Waals surface area contributed by atoms with Gasteiger partial charge in [-0.05, 0) is 68.5 Å². The smallest absolute Gasteiger partial charge is 0.410 e. The number of aliphatic hydroxyl groups excluding tert-OH is 1. The molecular formula is C32H46FN3O7. The number of ether oxygens (including phenoxy) is 2. The summed E-state index contributed by atoms with van der Waals surface area (Å²) in [6.07, 6.45) is 5.97. The summed E-state index contributed by atoms with van der Waals surface area (Å²) in [6.45, 7) is 8.01. The van der Waals surface area contributed by atoms with E-state index in [2.05, 4.69) is 10.2 Å². The van der Waals surface area contributed by atoms with E-state index in [0.29, 0.717) is 43.4 Å². The molecule has 1 aliphatic heterocycles. The van der Waals surface area contributed by atoms with Gasteiger partial charge < -0.3 is 39.3 Å². The molecular weight excluding hydrogens is 557 g/mol. The molecule has 0 aromatic heterocycles. The van der Waals surface area contributed by atoms with E-state index < -0.39 is 35.9 Å². The number of nitrogens with zero attached hydrogens (tertiary/aromatic N) is 2. The van der Waals surface area contributed by atoms with Gasteiger partial charge in [0.2, 0.25) is 5.91 Å². The van der Waals surface area contributed by atoms with Crippen LogP contribution in [-0.4, -0.2) is 98.6 Å². The molecule has 0 spiro atoms. The van der Waals surface area contributed by atoms with Crippen LogP contribution in [0.3, 0.4) is 0 Å². The third-order valence-corrected chi connectivity index (χ3v) is 7.60. The number of carbonyl (C=O) groups is 4. The number of halogens is 1. The van der Waals surface area contributed by atoms with E-state index in [1.807, 2.05) is 27.0 Å².